The van der Waals surface area contributed by atoms with Gasteiger partial charge in [0.1, 0.15) is 11.5 Å². The van der Waals surface area contributed by atoms with Crippen LogP contribution in [0.4, 0.5) is 0 Å². The average molecular weight is 554 g/mol. The highest BCUT2D eigenvalue weighted by molar-refractivity contribution is 9.13. The van der Waals surface area contributed by atoms with Gasteiger partial charge in [-0.1, -0.05) is 27.7 Å². The van der Waals surface area contributed by atoms with E-state index in [0.717, 1.165) is 0 Å². The quantitative estimate of drug-likeness (QED) is 0.463. The number of carbonyl (C=O) groups is 2. The highest BCUT2D eigenvalue weighted by atomic mass is 79.9. The molecule has 0 saturated heterocycles. The largest absolute Gasteiger partial charge is 0.503 e. The number of halogens is 2. The molecule has 2 aliphatic carbocycles. The van der Waals surface area contributed by atoms with Crippen LogP contribution in [0.15, 0.2) is 37.7 Å². The summed E-state index contributed by atoms with van der Waals surface area (Å²) in [6.45, 7) is 8.23. The second-order valence-corrected chi connectivity index (χ2v) is 11.8. The number of phenolic OH excluding ortho intramolecular Hbond substituents is 1. The Hall–Kier alpha value is -1.60. The summed E-state index contributed by atoms with van der Waals surface area (Å²) in [7, 11) is 1.47. The van der Waals surface area contributed by atoms with Crippen LogP contribution in [0.25, 0.3) is 0 Å². The van der Waals surface area contributed by atoms with Gasteiger partial charge in [-0.25, -0.2) is 0 Å². The first-order valence-corrected chi connectivity index (χ1v) is 11.9. The number of phenols is 1. The van der Waals surface area contributed by atoms with Gasteiger partial charge in [-0.3, -0.25) is 9.59 Å². The molecule has 1 aromatic rings. The van der Waals surface area contributed by atoms with Crippen molar-refractivity contribution < 1.29 is 24.2 Å². The molecule has 0 unspecified atom stereocenters. The summed E-state index contributed by atoms with van der Waals surface area (Å²) in [6.07, 6.45) is 2.04. The molecule has 1 heterocycles. The van der Waals surface area contributed by atoms with Gasteiger partial charge in [-0.2, -0.15) is 0 Å². The molecule has 3 aliphatic rings. The first-order chi connectivity index (χ1) is 14.3. The second-order valence-electron chi connectivity index (χ2n) is 10.2. The van der Waals surface area contributed by atoms with Crippen molar-refractivity contribution >= 4 is 43.4 Å². The Kier molecular flexibility index (Phi) is 5.45. The van der Waals surface area contributed by atoms with Crippen LogP contribution < -0.4 is 4.74 Å². The zero-order valence-corrected chi connectivity index (χ0v) is 21.5. The molecule has 0 amide bonds. The molecule has 7 heteroatoms. The van der Waals surface area contributed by atoms with Gasteiger partial charge in [0, 0.05) is 47.2 Å². The standard InChI is InChI=1S/C24H26Br2O5/c1-23(2)7-12(27)18-15(9-23)31-16-10-24(3,4)8-13(28)19(16)17(18)11-6-14(30-5)22(29)21(26)20(11)25/h6,17,29H,7-10H2,1-5H3. The molecule has 0 spiro atoms. The topological polar surface area (TPSA) is 72.8 Å². The van der Waals surface area contributed by atoms with E-state index in [1.54, 1.807) is 6.07 Å². The van der Waals surface area contributed by atoms with Gasteiger partial charge >= 0.3 is 0 Å². The zero-order chi connectivity index (χ0) is 22.9. The molecule has 5 nitrogen and oxygen atoms in total. The van der Waals surface area contributed by atoms with Crippen LogP contribution in [-0.2, 0) is 14.3 Å². The number of ether oxygens (including phenoxy) is 2. The lowest BCUT2D eigenvalue weighted by molar-refractivity contribution is -0.120. The molecule has 31 heavy (non-hydrogen) atoms. The Labute approximate surface area is 199 Å². The van der Waals surface area contributed by atoms with Gasteiger partial charge in [0.05, 0.1) is 11.6 Å². The molecule has 1 N–H and O–H groups in total. The van der Waals surface area contributed by atoms with Gasteiger partial charge in [0.25, 0.3) is 0 Å². The fraction of sp³-hybridized carbons (Fsp3) is 0.500. The molecule has 166 valence electrons. The Morgan fingerprint density at radius 3 is 1.87 bits per heavy atom. The van der Waals surface area contributed by atoms with Crippen molar-refractivity contribution in [1.29, 1.82) is 0 Å². The lowest BCUT2D eigenvalue weighted by Crippen LogP contribution is -2.37. The number of allylic oxidation sites excluding steroid dienone is 4. The number of aromatic hydroxyl groups is 1. The maximum atomic E-state index is 13.4. The van der Waals surface area contributed by atoms with E-state index in [2.05, 4.69) is 59.6 Å². The molecular weight excluding hydrogens is 528 g/mol. The van der Waals surface area contributed by atoms with E-state index < -0.39 is 5.92 Å². The lowest BCUT2D eigenvalue weighted by Gasteiger charge is -2.43. The number of ketones is 2. The van der Waals surface area contributed by atoms with Crippen LogP contribution in [0.3, 0.4) is 0 Å². The Morgan fingerprint density at radius 2 is 1.42 bits per heavy atom. The molecule has 0 bridgehead atoms. The maximum Gasteiger partial charge on any atom is 0.173 e. The first kappa shape index (κ1) is 22.6. The van der Waals surface area contributed by atoms with Gasteiger partial charge < -0.3 is 14.6 Å². The van der Waals surface area contributed by atoms with Crippen molar-refractivity contribution in [1.82, 2.24) is 0 Å². The number of carbonyl (C=O) groups excluding carboxylic acids is 2. The minimum absolute atomic E-state index is 0.00417. The summed E-state index contributed by atoms with van der Waals surface area (Å²) in [4.78, 5) is 26.7. The molecular formula is C24H26Br2O5. The molecule has 0 saturated carbocycles. The Bertz CT molecular complexity index is 1030. The monoisotopic (exact) mass is 552 g/mol. The van der Waals surface area contributed by atoms with E-state index in [4.69, 9.17) is 9.47 Å². The van der Waals surface area contributed by atoms with Crippen molar-refractivity contribution in [2.24, 2.45) is 10.8 Å². The number of hydrogen-bond donors (Lipinski definition) is 1. The van der Waals surface area contributed by atoms with E-state index in [-0.39, 0.29) is 33.9 Å². The fourth-order valence-corrected chi connectivity index (χ4v) is 5.92. The second kappa shape index (κ2) is 7.48. The number of rotatable bonds is 2. The Balaban J connectivity index is 2.00. The van der Waals surface area contributed by atoms with Crippen LogP contribution in [0, 0.1) is 10.8 Å². The molecule has 4 rings (SSSR count). The molecule has 0 aromatic heterocycles. The number of methoxy groups -OCH3 is 1. The summed E-state index contributed by atoms with van der Waals surface area (Å²) < 4.78 is 12.7. The minimum atomic E-state index is -0.564. The van der Waals surface area contributed by atoms with Crippen LogP contribution in [0.1, 0.15) is 64.9 Å². The third-order valence-electron chi connectivity index (χ3n) is 6.29. The normalized spacial score (nSPS) is 22.8. The lowest BCUT2D eigenvalue weighted by atomic mass is 9.65. The van der Waals surface area contributed by atoms with Gasteiger partial charge in [-0.05, 0) is 54.3 Å². The van der Waals surface area contributed by atoms with Crippen molar-refractivity contribution in [2.45, 2.75) is 59.3 Å². The van der Waals surface area contributed by atoms with E-state index in [1.165, 1.54) is 7.11 Å². The smallest absolute Gasteiger partial charge is 0.173 e. The number of hydrogen-bond acceptors (Lipinski definition) is 5. The maximum absolute atomic E-state index is 13.4. The van der Waals surface area contributed by atoms with E-state index in [9.17, 15) is 14.7 Å². The van der Waals surface area contributed by atoms with Crippen molar-refractivity contribution in [3.8, 4) is 11.5 Å². The van der Waals surface area contributed by atoms with Crippen LogP contribution in [-0.4, -0.2) is 23.8 Å². The predicted molar refractivity (Wildman–Crippen MR) is 124 cm³/mol. The summed E-state index contributed by atoms with van der Waals surface area (Å²) in [5, 5.41) is 10.4. The average Bonchev–Trinajstić information content (AvgIpc) is 2.63. The highest BCUT2D eigenvalue weighted by Gasteiger charge is 2.48. The van der Waals surface area contributed by atoms with Crippen molar-refractivity contribution in [2.75, 3.05) is 7.11 Å². The van der Waals surface area contributed by atoms with Crippen LogP contribution in [0.5, 0.6) is 11.5 Å². The predicted octanol–water partition coefficient (Wildman–Crippen LogP) is 6.33. The summed E-state index contributed by atoms with van der Waals surface area (Å²) >= 11 is 7.00. The van der Waals surface area contributed by atoms with Gasteiger partial charge in [-0.15, -0.1) is 0 Å². The minimum Gasteiger partial charge on any atom is -0.503 e. The molecule has 0 fully saturated rings. The summed E-state index contributed by atoms with van der Waals surface area (Å²) in [6, 6.07) is 1.70. The molecule has 1 aromatic carbocycles. The van der Waals surface area contributed by atoms with E-state index in [1.807, 2.05) is 0 Å². The van der Waals surface area contributed by atoms with Gasteiger partial charge in [0.2, 0.25) is 0 Å². The van der Waals surface area contributed by atoms with Crippen molar-refractivity contribution in [3.63, 3.8) is 0 Å². The van der Waals surface area contributed by atoms with Crippen LogP contribution in [0.2, 0.25) is 0 Å². The van der Waals surface area contributed by atoms with Crippen LogP contribution >= 0.6 is 31.9 Å². The van der Waals surface area contributed by atoms with Gasteiger partial charge in [0.15, 0.2) is 23.1 Å². The molecule has 0 radical (unpaired) electrons. The number of Topliss-reactive ketones (excluding diaryl/α,β-unsaturated/α-hetero) is 2. The first-order valence-electron chi connectivity index (χ1n) is 10.3. The fourth-order valence-electron chi connectivity index (χ4n) is 4.96. The summed E-state index contributed by atoms with van der Waals surface area (Å²) in [5.74, 6) is 0.974. The summed E-state index contributed by atoms with van der Waals surface area (Å²) in [5.41, 5.74) is 1.37. The SMILES string of the molecule is COc1cc(C2C3=C(CC(C)(C)CC3=O)OC3=C2C(=O)CC(C)(C)C3)c(Br)c(Br)c1O. The zero-order valence-electron chi connectivity index (χ0n) is 18.3. The molecule has 1 aliphatic heterocycles. The Morgan fingerprint density at radius 1 is 0.935 bits per heavy atom. The third kappa shape index (κ3) is 3.78. The number of benzene rings is 1. The van der Waals surface area contributed by atoms with E-state index >= 15 is 0 Å². The van der Waals surface area contributed by atoms with Crippen molar-refractivity contribution in [3.05, 3.63) is 43.2 Å². The highest BCUT2D eigenvalue weighted by Crippen LogP contribution is 2.56. The van der Waals surface area contributed by atoms with E-state index in [0.29, 0.717) is 62.9 Å². The molecule has 0 atom stereocenters. The third-order valence-corrected chi connectivity index (χ3v) is 8.45.